The number of imidazole rings is 1. The molecule has 0 aromatic carbocycles. The highest BCUT2D eigenvalue weighted by Gasteiger charge is 2.34. The number of carbonyl (C=O) groups is 2. The van der Waals surface area contributed by atoms with Crippen molar-refractivity contribution in [1.82, 2.24) is 18.8 Å². The average Bonchev–Trinajstić information content (AvgIpc) is 3.11. The lowest BCUT2D eigenvalue weighted by Crippen LogP contribution is -2.43. The number of amides is 1. The van der Waals surface area contributed by atoms with Crippen LogP contribution < -0.4 is 0 Å². The van der Waals surface area contributed by atoms with Crippen LogP contribution in [-0.2, 0) is 31.4 Å². The normalized spacial score (nSPS) is 23.5. The number of hydrogen-bond acceptors (Lipinski definition) is 6. The summed E-state index contributed by atoms with van der Waals surface area (Å²) in [6.45, 7) is 4.17. The van der Waals surface area contributed by atoms with Crippen molar-refractivity contribution in [2.24, 2.45) is 18.9 Å². The molecular formula is C21H34N4O5S. The van der Waals surface area contributed by atoms with E-state index in [2.05, 4.69) is 11.9 Å². The largest absolute Gasteiger partial charge is 0.455 e. The first kappa shape index (κ1) is 23.7. The topological polar surface area (TPSA) is 102 Å². The minimum absolute atomic E-state index is 0.0271. The lowest BCUT2D eigenvalue weighted by molar-refractivity contribution is -0.157. The first-order valence-corrected chi connectivity index (χ1v) is 12.5. The van der Waals surface area contributed by atoms with Crippen LogP contribution in [0.4, 0.5) is 0 Å². The summed E-state index contributed by atoms with van der Waals surface area (Å²) in [5.41, 5.74) is 0. The summed E-state index contributed by atoms with van der Waals surface area (Å²) in [6.07, 6.45) is 6.44. The Hall–Kier alpha value is -1.94. The zero-order valence-corrected chi connectivity index (χ0v) is 19.7. The molecule has 1 aromatic rings. The molecule has 1 aliphatic carbocycles. The van der Waals surface area contributed by atoms with Crippen LogP contribution in [0.1, 0.15) is 51.3 Å². The Balaban J connectivity index is 1.46. The first-order chi connectivity index (χ1) is 14.6. The molecule has 10 heteroatoms. The van der Waals surface area contributed by atoms with E-state index in [-0.39, 0.29) is 36.7 Å². The molecule has 0 atom stereocenters. The molecule has 0 spiro atoms. The third kappa shape index (κ3) is 5.46. The Kier molecular flexibility index (Phi) is 7.41. The maximum Gasteiger partial charge on any atom is 0.309 e. The van der Waals surface area contributed by atoms with Gasteiger partial charge in [-0.15, -0.1) is 0 Å². The number of hydrogen-bond donors (Lipinski definition) is 0. The molecule has 0 bridgehead atoms. The molecule has 31 heavy (non-hydrogen) atoms. The van der Waals surface area contributed by atoms with E-state index >= 15 is 0 Å². The second-order valence-corrected chi connectivity index (χ2v) is 10.8. The van der Waals surface area contributed by atoms with Gasteiger partial charge in [0.25, 0.3) is 15.9 Å². The fraction of sp³-hybridized carbons (Fsp3) is 0.762. The van der Waals surface area contributed by atoms with Crippen molar-refractivity contribution in [1.29, 1.82) is 0 Å². The van der Waals surface area contributed by atoms with Crippen LogP contribution in [0.5, 0.6) is 0 Å². The molecule has 1 aromatic heterocycles. The highest BCUT2D eigenvalue weighted by molar-refractivity contribution is 7.89. The highest BCUT2D eigenvalue weighted by atomic mass is 32.2. The first-order valence-electron chi connectivity index (χ1n) is 11.0. The molecule has 174 valence electrons. The molecule has 9 nitrogen and oxygen atoms in total. The number of nitrogens with zero attached hydrogens (tertiary/aromatic N) is 4. The Labute approximate surface area is 184 Å². The third-order valence-electron chi connectivity index (χ3n) is 6.74. The number of likely N-dealkylation sites (N-methyl/N-ethyl adjacent to an activating group) is 1. The van der Waals surface area contributed by atoms with Gasteiger partial charge in [-0.25, -0.2) is 13.4 Å². The zero-order valence-electron chi connectivity index (χ0n) is 18.9. The van der Waals surface area contributed by atoms with Gasteiger partial charge >= 0.3 is 5.97 Å². The molecule has 0 radical (unpaired) electrons. The fourth-order valence-corrected chi connectivity index (χ4v) is 5.80. The molecule has 1 amide bonds. The van der Waals surface area contributed by atoms with E-state index in [1.807, 2.05) is 0 Å². The van der Waals surface area contributed by atoms with Gasteiger partial charge in [-0.1, -0.05) is 6.92 Å². The van der Waals surface area contributed by atoms with E-state index in [4.69, 9.17) is 4.74 Å². The summed E-state index contributed by atoms with van der Waals surface area (Å²) in [4.78, 5) is 30.7. The van der Waals surface area contributed by atoms with Crippen LogP contribution in [0.3, 0.4) is 0 Å². The van der Waals surface area contributed by atoms with Crippen LogP contribution in [0.25, 0.3) is 0 Å². The van der Waals surface area contributed by atoms with E-state index in [0.717, 1.165) is 25.7 Å². The van der Waals surface area contributed by atoms with Gasteiger partial charge in [-0.05, 0) is 51.4 Å². The third-order valence-corrected chi connectivity index (χ3v) is 8.51. The molecule has 0 unspecified atom stereocenters. The van der Waals surface area contributed by atoms with E-state index < -0.39 is 21.9 Å². The summed E-state index contributed by atoms with van der Waals surface area (Å²) in [5.74, 6) is 0.317. The summed E-state index contributed by atoms with van der Waals surface area (Å²) in [7, 11) is -0.153. The number of rotatable bonds is 6. The number of esters is 1. The smallest absolute Gasteiger partial charge is 0.309 e. The Morgan fingerprint density at radius 3 is 2.32 bits per heavy atom. The Bertz CT molecular complexity index is 877. The summed E-state index contributed by atoms with van der Waals surface area (Å²) < 4.78 is 33.9. The van der Waals surface area contributed by atoms with Gasteiger partial charge in [0.1, 0.15) is 5.82 Å². The Morgan fingerprint density at radius 2 is 1.77 bits per heavy atom. The van der Waals surface area contributed by atoms with Gasteiger partial charge in [-0.3, -0.25) is 9.59 Å². The van der Waals surface area contributed by atoms with Crippen molar-refractivity contribution in [3.63, 3.8) is 0 Å². The number of aryl methyl sites for hydroxylation is 2. The van der Waals surface area contributed by atoms with Crippen molar-refractivity contribution in [2.75, 3.05) is 26.7 Å². The number of aromatic nitrogens is 2. The SMILES string of the molecule is Cc1nc(S(=O)(=O)N2CCC(C(=O)OCC(=O)N(C)C3CCC(C)CC3)CC2)cn1C. The predicted molar refractivity (Wildman–Crippen MR) is 115 cm³/mol. The molecule has 1 saturated heterocycles. The molecule has 1 aliphatic heterocycles. The summed E-state index contributed by atoms with van der Waals surface area (Å²) in [6, 6.07) is 0.214. The summed E-state index contributed by atoms with van der Waals surface area (Å²) in [5, 5.41) is 0.0271. The van der Waals surface area contributed by atoms with Crippen LogP contribution in [0.2, 0.25) is 0 Å². The lowest BCUT2D eigenvalue weighted by Gasteiger charge is -2.33. The number of carbonyl (C=O) groups excluding carboxylic acids is 2. The number of ether oxygens (including phenoxy) is 1. The lowest BCUT2D eigenvalue weighted by atomic mass is 9.87. The molecule has 2 heterocycles. The molecule has 2 fully saturated rings. The molecule has 3 rings (SSSR count). The quantitative estimate of drug-likeness (QED) is 0.607. The zero-order chi connectivity index (χ0) is 22.8. The predicted octanol–water partition coefficient (Wildman–Crippen LogP) is 1.71. The second kappa shape index (κ2) is 9.68. The van der Waals surface area contributed by atoms with E-state index in [1.54, 1.807) is 30.5 Å². The highest BCUT2D eigenvalue weighted by Crippen LogP contribution is 2.27. The van der Waals surface area contributed by atoms with Crippen molar-refractivity contribution >= 4 is 21.9 Å². The van der Waals surface area contributed by atoms with E-state index in [9.17, 15) is 18.0 Å². The van der Waals surface area contributed by atoms with Gasteiger partial charge in [0.2, 0.25) is 0 Å². The Morgan fingerprint density at radius 1 is 1.16 bits per heavy atom. The average molecular weight is 455 g/mol. The molecule has 1 saturated carbocycles. The molecular weight excluding hydrogens is 420 g/mol. The van der Waals surface area contributed by atoms with Gasteiger partial charge < -0.3 is 14.2 Å². The van der Waals surface area contributed by atoms with Crippen molar-refractivity contribution < 1.29 is 22.7 Å². The van der Waals surface area contributed by atoms with Crippen LogP contribution in [0.15, 0.2) is 11.2 Å². The monoisotopic (exact) mass is 454 g/mol. The van der Waals surface area contributed by atoms with Crippen LogP contribution in [-0.4, -0.2) is 71.8 Å². The van der Waals surface area contributed by atoms with Gasteiger partial charge in [0, 0.05) is 39.4 Å². The van der Waals surface area contributed by atoms with Crippen LogP contribution >= 0.6 is 0 Å². The van der Waals surface area contributed by atoms with Crippen molar-refractivity contribution in [3.8, 4) is 0 Å². The van der Waals surface area contributed by atoms with Crippen molar-refractivity contribution in [3.05, 3.63) is 12.0 Å². The van der Waals surface area contributed by atoms with Gasteiger partial charge in [0.05, 0.1) is 5.92 Å². The molecule has 0 N–H and O–H groups in total. The molecule has 2 aliphatic rings. The number of sulfonamides is 1. The minimum Gasteiger partial charge on any atom is -0.455 e. The van der Waals surface area contributed by atoms with Crippen LogP contribution in [0, 0.1) is 18.8 Å². The standard InChI is InChI=1S/C21H34N4O5S/c1-15-5-7-18(8-6-15)24(4)20(26)14-30-21(27)17-9-11-25(12-10-17)31(28,29)19-13-23(3)16(2)22-19/h13,15,17-18H,5-12,14H2,1-4H3. The summed E-state index contributed by atoms with van der Waals surface area (Å²) >= 11 is 0. The fourth-order valence-electron chi connectivity index (χ4n) is 4.30. The van der Waals surface area contributed by atoms with Gasteiger partial charge in [0.15, 0.2) is 11.6 Å². The maximum atomic E-state index is 12.8. The maximum absolute atomic E-state index is 12.8. The van der Waals surface area contributed by atoms with E-state index in [0.29, 0.717) is 24.6 Å². The van der Waals surface area contributed by atoms with Crippen molar-refractivity contribution in [2.45, 2.75) is 63.4 Å². The van der Waals surface area contributed by atoms with Gasteiger partial charge in [-0.2, -0.15) is 4.31 Å². The number of piperidine rings is 1. The minimum atomic E-state index is -3.68. The second-order valence-electron chi connectivity index (χ2n) is 8.94. The van der Waals surface area contributed by atoms with E-state index in [1.165, 1.54) is 10.5 Å².